The lowest BCUT2D eigenvalue weighted by Gasteiger charge is -2.30. The van der Waals surface area contributed by atoms with Gasteiger partial charge in [0.2, 0.25) is 0 Å². The van der Waals surface area contributed by atoms with Gasteiger partial charge in [0.05, 0.1) is 5.69 Å². The molecule has 0 radical (unpaired) electrons. The van der Waals surface area contributed by atoms with Crippen LogP contribution in [0.4, 0.5) is 5.69 Å². The van der Waals surface area contributed by atoms with E-state index in [4.69, 9.17) is 11.6 Å². The molecule has 0 aromatic heterocycles. The van der Waals surface area contributed by atoms with Gasteiger partial charge in [0, 0.05) is 20.0 Å². The average molecular weight is 396 g/mol. The summed E-state index contributed by atoms with van der Waals surface area (Å²) in [5.41, 5.74) is 1.13. The van der Waals surface area contributed by atoms with Crippen LogP contribution in [-0.4, -0.2) is 6.04 Å². The van der Waals surface area contributed by atoms with Gasteiger partial charge < -0.3 is 5.32 Å². The Bertz CT molecular complexity index is 399. The van der Waals surface area contributed by atoms with Crippen molar-refractivity contribution in [3.63, 3.8) is 0 Å². The predicted octanol–water partition coefficient (Wildman–Crippen LogP) is 6.25. The molecule has 1 aromatic rings. The first-order valence-electron chi connectivity index (χ1n) is 6.51. The molecule has 1 aromatic carbocycles. The topological polar surface area (TPSA) is 12.0 Å². The van der Waals surface area contributed by atoms with Crippen LogP contribution in [0, 0.1) is 5.92 Å². The number of anilines is 1. The van der Waals surface area contributed by atoms with E-state index in [2.05, 4.69) is 44.1 Å². The van der Waals surface area contributed by atoms with Crippen molar-refractivity contribution in [1.29, 1.82) is 0 Å². The van der Waals surface area contributed by atoms with Crippen LogP contribution in [0.15, 0.2) is 21.1 Å². The summed E-state index contributed by atoms with van der Waals surface area (Å²) in [6.45, 7) is 2.29. The largest absolute Gasteiger partial charge is 0.380 e. The second-order valence-corrected chi connectivity index (χ2v) is 7.17. The van der Waals surface area contributed by atoms with Crippen LogP contribution < -0.4 is 5.32 Å². The highest BCUT2D eigenvalue weighted by Gasteiger charge is 2.21. The third-order valence-electron chi connectivity index (χ3n) is 3.72. The van der Waals surface area contributed by atoms with E-state index >= 15 is 0 Å². The van der Waals surface area contributed by atoms with E-state index in [0.717, 1.165) is 25.6 Å². The molecule has 4 heteroatoms. The molecule has 2 unspecified atom stereocenters. The van der Waals surface area contributed by atoms with Gasteiger partial charge in [-0.2, -0.15) is 0 Å². The fraction of sp³-hybridized carbons (Fsp3) is 0.571. The molecule has 2 rings (SSSR count). The lowest BCUT2D eigenvalue weighted by molar-refractivity contribution is 0.327. The van der Waals surface area contributed by atoms with Gasteiger partial charge in [-0.15, -0.1) is 0 Å². The van der Waals surface area contributed by atoms with Crippen molar-refractivity contribution in [2.24, 2.45) is 5.92 Å². The van der Waals surface area contributed by atoms with E-state index in [1.807, 2.05) is 12.1 Å². The van der Waals surface area contributed by atoms with Crippen LogP contribution >= 0.6 is 43.5 Å². The Morgan fingerprint density at radius 3 is 2.56 bits per heavy atom. The van der Waals surface area contributed by atoms with Crippen molar-refractivity contribution < 1.29 is 0 Å². The van der Waals surface area contributed by atoms with Crippen molar-refractivity contribution in [2.45, 2.75) is 45.1 Å². The first-order chi connectivity index (χ1) is 8.60. The molecule has 1 aliphatic carbocycles. The molecule has 0 heterocycles. The molecule has 0 spiro atoms. The standard InChI is InChI=1S/C14H18Br2ClN/c1-2-9-4-3-5-11(6-9)18-14-12(15)7-10(17)8-13(14)16/h7-9,11,18H,2-6H2,1H3. The summed E-state index contributed by atoms with van der Waals surface area (Å²) in [6, 6.07) is 4.46. The lowest BCUT2D eigenvalue weighted by Crippen LogP contribution is -2.27. The Balaban J connectivity index is 2.09. The quantitative estimate of drug-likeness (QED) is 0.638. The van der Waals surface area contributed by atoms with Crippen molar-refractivity contribution in [2.75, 3.05) is 5.32 Å². The zero-order chi connectivity index (χ0) is 13.1. The fourth-order valence-corrected chi connectivity index (χ4v) is 4.57. The van der Waals surface area contributed by atoms with E-state index in [1.165, 1.54) is 32.1 Å². The number of hydrogen-bond acceptors (Lipinski definition) is 1. The first-order valence-corrected chi connectivity index (χ1v) is 8.47. The van der Waals surface area contributed by atoms with Crippen molar-refractivity contribution in [3.8, 4) is 0 Å². The number of hydrogen-bond donors (Lipinski definition) is 1. The van der Waals surface area contributed by atoms with Gasteiger partial charge in [0.25, 0.3) is 0 Å². The van der Waals surface area contributed by atoms with Gasteiger partial charge in [-0.05, 0) is 62.8 Å². The van der Waals surface area contributed by atoms with Crippen LogP contribution in [0.1, 0.15) is 39.0 Å². The van der Waals surface area contributed by atoms with E-state index in [0.29, 0.717) is 6.04 Å². The maximum atomic E-state index is 6.02. The van der Waals surface area contributed by atoms with E-state index in [-0.39, 0.29) is 0 Å². The fourth-order valence-electron chi connectivity index (χ4n) is 2.68. The average Bonchev–Trinajstić information content (AvgIpc) is 2.34. The van der Waals surface area contributed by atoms with Gasteiger partial charge in [0.15, 0.2) is 0 Å². The molecular formula is C14H18Br2ClN. The zero-order valence-electron chi connectivity index (χ0n) is 10.5. The highest BCUT2D eigenvalue weighted by atomic mass is 79.9. The Morgan fingerprint density at radius 1 is 1.28 bits per heavy atom. The van der Waals surface area contributed by atoms with Gasteiger partial charge in [-0.3, -0.25) is 0 Å². The number of benzene rings is 1. The predicted molar refractivity (Wildman–Crippen MR) is 86.5 cm³/mol. The molecule has 1 aliphatic rings. The molecule has 1 N–H and O–H groups in total. The summed E-state index contributed by atoms with van der Waals surface area (Å²) in [6.07, 6.45) is 6.55. The number of rotatable bonds is 3. The minimum Gasteiger partial charge on any atom is -0.380 e. The van der Waals surface area contributed by atoms with Gasteiger partial charge in [-0.25, -0.2) is 0 Å². The number of nitrogens with one attached hydrogen (secondary N) is 1. The minimum absolute atomic E-state index is 0.581. The molecule has 18 heavy (non-hydrogen) atoms. The Morgan fingerprint density at radius 2 is 1.94 bits per heavy atom. The second-order valence-electron chi connectivity index (χ2n) is 5.03. The third-order valence-corrected chi connectivity index (χ3v) is 5.18. The Kier molecular flexibility index (Phi) is 5.40. The maximum absolute atomic E-state index is 6.02. The molecular weight excluding hydrogens is 377 g/mol. The van der Waals surface area contributed by atoms with Gasteiger partial charge in [-0.1, -0.05) is 37.8 Å². The van der Waals surface area contributed by atoms with Gasteiger partial charge >= 0.3 is 0 Å². The summed E-state index contributed by atoms with van der Waals surface area (Å²) < 4.78 is 2.06. The monoisotopic (exact) mass is 393 g/mol. The van der Waals surface area contributed by atoms with Crippen molar-refractivity contribution >= 4 is 49.1 Å². The summed E-state index contributed by atoms with van der Waals surface area (Å²) in [5.74, 6) is 0.876. The lowest BCUT2D eigenvalue weighted by atomic mass is 9.84. The smallest absolute Gasteiger partial charge is 0.0632 e. The van der Waals surface area contributed by atoms with E-state index < -0.39 is 0 Å². The third kappa shape index (κ3) is 3.64. The Hall–Kier alpha value is 0.270. The van der Waals surface area contributed by atoms with Gasteiger partial charge in [0.1, 0.15) is 0 Å². The molecule has 1 fully saturated rings. The molecule has 0 amide bonds. The Labute approximate surface area is 131 Å². The van der Waals surface area contributed by atoms with Crippen LogP contribution in [0.25, 0.3) is 0 Å². The molecule has 1 nitrogen and oxygen atoms in total. The summed E-state index contributed by atoms with van der Waals surface area (Å²) >= 11 is 13.2. The van der Waals surface area contributed by atoms with Crippen molar-refractivity contribution in [3.05, 3.63) is 26.1 Å². The van der Waals surface area contributed by atoms with Crippen LogP contribution in [-0.2, 0) is 0 Å². The molecule has 1 saturated carbocycles. The molecule has 0 aliphatic heterocycles. The van der Waals surface area contributed by atoms with E-state index in [9.17, 15) is 0 Å². The maximum Gasteiger partial charge on any atom is 0.0632 e. The summed E-state index contributed by atoms with van der Waals surface area (Å²) in [4.78, 5) is 0. The van der Waals surface area contributed by atoms with Crippen LogP contribution in [0.2, 0.25) is 5.02 Å². The highest BCUT2D eigenvalue weighted by molar-refractivity contribution is 9.11. The number of halogens is 3. The molecule has 100 valence electrons. The summed E-state index contributed by atoms with van der Waals surface area (Å²) in [5, 5.41) is 4.40. The SMILES string of the molecule is CCC1CCCC(Nc2c(Br)cc(Cl)cc2Br)C1. The van der Waals surface area contributed by atoms with Crippen molar-refractivity contribution in [1.82, 2.24) is 0 Å². The zero-order valence-corrected chi connectivity index (χ0v) is 14.4. The second kappa shape index (κ2) is 6.62. The van der Waals surface area contributed by atoms with Crippen LogP contribution in [0.3, 0.4) is 0 Å². The first kappa shape index (κ1) is 14.7. The highest BCUT2D eigenvalue weighted by Crippen LogP contribution is 2.37. The normalized spacial score (nSPS) is 24.0. The van der Waals surface area contributed by atoms with E-state index in [1.54, 1.807) is 0 Å². The molecule has 0 bridgehead atoms. The molecule has 0 saturated heterocycles. The minimum atomic E-state index is 0.581. The molecule has 2 atom stereocenters. The summed E-state index contributed by atoms with van der Waals surface area (Å²) in [7, 11) is 0. The van der Waals surface area contributed by atoms with Crippen LogP contribution in [0.5, 0.6) is 0 Å².